The Bertz CT molecular complexity index is 1430. The number of aryl methyl sites for hydroxylation is 1. The van der Waals surface area contributed by atoms with Crippen molar-refractivity contribution in [3.05, 3.63) is 69.6 Å². The van der Waals surface area contributed by atoms with Crippen LogP contribution in [0, 0.1) is 0 Å². The van der Waals surface area contributed by atoms with Crippen LogP contribution in [0.4, 0.5) is 17.3 Å². The lowest BCUT2D eigenvalue weighted by atomic mass is 9.88. The number of nitrogen functional groups attached to an aromatic ring is 1. The minimum Gasteiger partial charge on any atom is -0.466 e. The number of nitrogens with two attached hydrogens (primary N) is 1. The average Bonchev–Trinajstić information content (AvgIpc) is 2.91. The molecule has 11 nitrogen and oxygen atoms in total. The monoisotopic (exact) mass is 533 g/mol. The number of carbonyl (C=O) groups is 3. The predicted molar refractivity (Wildman–Crippen MR) is 146 cm³/mol. The molecule has 0 bridgehead atoms. The van der Waals surface area contributed by atoms with E-state index in [0.29, 0.717) is 29.7 Å². The van der Waals surface area contributed by atoms with Crippen molar-refractivity contribution in [2.45, 2.75) is 45.6 Å². The van der Waals surface area contributed by atoms with Crippen LogP contribution in [0.2, 0.25) is 0 Å². The summed E-state index contributed by atoms with van der Waals surface area (Å²) in [5.74, 6) is -1.43. The molecule has 204 valence electrons. The van der Waals surface area contributed by atoms with Gasteiger partial charge in [0.2, 0.25) is 5.95 Å². The second-order valence-corrected chi connectivity index (χ2v) is 8.93. The Balaban J connectivity index is 1.47. The van der Waals surface area contributed by atoms with Gasteiger partial charge in [-0.15, -0.1) is 0 Å². The van der Waals surface area contributed by atoms with Crippen molar-refractivity contribution in [2.75, 3.05) is 24.3 Å². The zero-order valence-corrected chi connectivity index (χ0v) is 21.8. The van der Waals surface area contributed by atoms with Gasteiger partial charge in [-0.2, -0.15) is 0 Å². The fourth-order valence-corrected chi connectivity index (χ4v) is 4.54. The zero-order chi connectivity index (χ0) is 27.9. The van der Waals surface area contributed by atoms with E-state index in [2.05, 4.69) is 20.6 Å². The number of amides is 1. The van der Waals surface area contributed by atoms with Crippen molar-refractivity contribution in [3.8, 4) is 11.1 Å². The number of esters is 2. The third-order valence-corrected chi connectivity index (χ3v) is 6.31. The van der Waals surface area contributed by atoms with Gasteiger partial charge in [-0.3, -0.25) is 19.4 Å². The third kappa shape index (κ3) is 6.43. The number of nitrogens with zero attached hydrogens (tertiary/aromatic N) is 1. The summed E-state index contributed by atoms with van der Waals surface area (Å²) in [6.45, 7) is 3.75. The Labute approximate surface area is 225 Å². The van der Waals surface area contributed by atoms with Crippen molar-refractivity contribution in [1.82, 2.24) is 15.3 Å². The average molecular weight is 534 g/mol. The van der Waals surface area contributed by atoms with Gasteiger partial charge in [-0.05, 0) is 74.6 Å². The molecular weight excluding hydrogens is 502 g/mol. The number of fused-ring (bicyclic) bond motifs is 3. The van der Waals surface area contributed by atoms with Gasteiger partial charge in [-0.25, -0.2) is 9.78 Å². The number of hydrogen-bond donors (Lipinski definition) is 4. The highest BCUT2D eigenvalue weighted by Gasteiger charge is 2.25. The predicted octanol–water partition coefficient (Wildman–Crippen LogP) is 2.87. The van der Waals surface area contributed by atoms with Gasteiger partial charge in [0.25, 0.3) is 11.5 Å². The highest BCUT2D eigenvalue weighted by molar-refractivity contribution is 5.97. The van der Waals surface area contributed by atoms with Crippen LogP contribution in [0.25, 0.3) is 11.1 Å². The Morgan fingerprint density at radius 2 is 1.79 bits per heavy atom. The van der Waals surface area contributed by atoms with Gasteiger partial charge in [0.15, 0.2) is 0 Å². The first kappa shape index (κ1) is 27.4. The van der Waals surface area contributed by atoms with Crippen LogP contribution in [0.1, 0.15) is 48.3 Å². The molecule has 0 saturated heterocycles. The van der Waals surface area contributed by atoms with Gasteiger partial charge in [0.05, 0.1) is 24.5 Å². The number of anilines is 3. The quantitative estimate of drug-likeness (QED) is 0.287. The van der Waals surface area contributed by atoms with Crippen molar-refractivity contribution in [3.63, 3.8) is 0 Å². The van der Waals surface area contributed by atoms with E-state index in [-0.39, 0.29) is 37.6 Å². The van der Waals surface area contributed by atoms with Crippen LogP contribution < -0.4 is 21.9 Å². The molecule has 1 atom stereocenters. The summed E-state index contributed by atoms with van der Waals surface area (Å²) in [5, 5.41) is 6.02. The molecule has 4 rings (SSSR count). The van der Waals surface area contributed by atoms with E-state index in [1.807, 2.05) is 18.2 Å². The summed E-state index contributed by atoms with van der Waals surface area (Å²) in [6, 6.07) is 11.5. The Hall–Kier alpha value is -4.67. The highest BCUT2D eigenvalue weighted by atomic mass is 16.5. The number of ether oxygens (including phenoxy) is 2. The van der Waals surface area contributed by atoms with Crippen molar-refractivity contribution in [2.24, 2.45) is 0 Å². The molecule has 1 heterocycles. The van der Waals surface area contributed by atoms with Gasteiger partial charge in [-0.1, -0.05) is 12.1 Å². The molecule has 1 aliphatic carbocycles. The molecule has 0 aliphatic heterocycles. The number of benzene rings is 2. The summed E-state index contributed by atoms with van der Waals surface area (Å²) in [4.78, 5) is 56.4. The number of hydrogen-bond acceptors (Lipinski definition) is 9. The van der Waals surface area contributed by atoms with E-state index in [1.54, 1.807) is 38.1 Å². The molecule has 1 aromatic heterocycles. The summed E-state index contributed by atoms with van der Waals surface area (Å²) in [5.41, 5.74) is 10.4. The number of H-pyrrole nitrogens is 1. The molecule has 5 N–H and O–H groups in total. The van der Waals surface area contributed by atoms with Crippen LogP contribution in [-0.4, -0.2) is 47.1 Å². The van der Waals surface area contributed by atoms with Crippen LogP contribution in [0.3, 0.4) is 0 Å². The fraction of sp³-hybridized carbons (Fsp3) is 0.321. The Kier molecular flexibility index (Phi) is 8.60. The minimum atomic E-state index is -0.980. The molecule has 0 radical (unpaired) electrons. The molecule has 2 aromatic carbocycles. The topological polar surface area (TPSA) is 165 Å². The second kappa shape index (κ2) is 12.2. The largest absolute Gasteiger partial charge is 0.466 e. The van der Waals surface area contributed by atoms with E-state index in [9.17, 15) is 19.2 Å². The van der Waals surface area contributed by atoms with Gasteiger partial charge >= 0.3 is 11.9 Å². The summed E-state index contributed by atoms with van der Waals surface area (Å²) < 4.78 is 9.96. The van der Waals surface area contributed by atoms with Crippen LogP contribution in [0.5, 0.6) is 0 Å². The summed E-state index contributed by atoms with van der Waals surface area (Å²) in [6.07, 6.45) is 1.31. The van der Waals surface area contributed by atoms with Crippen molar-refractivity contribution >= 4 is 35.2 Å². The second-order valence-electron chi connectivity index (χ2n) is 8.93. The molecule has 11 heteroatoms. The SMILES string of the molecule is CCOC(=O)CC[C@@H](NC(=O)c1ccc(Nc2cccc3c2CCc2nc(N)[nH]c(=O)c2-3)cc1)C(=O)OCC. The normalized spacial score (nSPS) is 12.5. The van der Waals surface area contributed by atoms with E-state index in [1.165, 1.54) is 0 Å². The molecular formula is C28H31N5O6. The molecule has 0 fully saturated rings. The van der Waals surface area contributed by atoms with Crippen LogP contribution >= 0.6 is 0 Å². The maximum absolute atomic E-state index is 12.9. The molecule has 1 amide bonds. The lowest BCUT2D eigenvalue weighted by Crippen LogP contribution is -2.42. The van der Waals surface area contributed by atoms with Crippen LogP contribution in [-0.2, 0) is 31.9 Å². The number of rotatable bonds is 10. The Morgan fingerprint density at radius 3 is 2.51 bits per heavy atom. The molecule has 0 spiro atoms. The fourth-order valence-electron chi connectivity index (χ4n) is 4.54. The van der Waals surface area contributed by atoms with Crippen molar-refractivity contribution in [1.29, 1.82) is 0 Å². The van der Waals surface area contributed by atoms with E-state index < -0.39 is 23.9 Å². The van der Waals surface area contributed by atoms with Gasteiger partial charge < -0.3 is 25.8 Å². The van der Waals surface area contributed by atoms with Gasteiger partial charge in [0.1, 0.15) is 6.04 Å². The van der Waals surface area contributed by atoms with Crippen molar-refractivity contribution < 1.29 is 23.9 Å². The molecule has 1 aliphatic rings. The number of aromatic nitrogens is 2. The van der Waals surface area contributed by atoms with E-state index >= 15 is 0 Å². The first-order valence-electron chi connectivity index (χ1n) is 12.8. The zero-order valence-electron chi connectivity index (χ0n) is 21.8. The Morgan fingerprint density at radius 1 is 1.05 bits per heavy atom. The van der Waals surface area contributed by atoms with Gasteiger partial charge in [0, 0.05) is 23.4 Å². The molecule has 39 heavy (non-hydrogen) atoms. The maximum atomic E-state index is 12.9. The third-order valence-electron chi connectivity index (χ3n) is 6.31. The summed E-state index contributed by atoms with van der Waals surface area (Å²) in [7, 11) is 0. The summed E-state index contributed by atoms with van der Waals surface area (Å²) >= 11 is 0. The van der Waals surface area contributed by atoms with Crippen LogP contribution in [0.15, 0.2) is 47.3 Å². The smallest absolute Gasteiger partial charge is 0.328 e. The molecule has 0 unspecified atom stereocenters. The standard InChI is InChI=1S/C28H31N5O6/c1-3-38-23(34)15-14-22(27(37)39-4-2)31-25(35)16-8-10-17(11-9-16)30-20-7-5-6-19-18(20)12-13-21-24(19)26(36)33-28(29)32-21/h5-11,22,30H,3-4,12-15H2,1-2H3,(H,31,35)(H3,29,32,33,36)/t22-/m1/s1. The maximum Gasteiger partial charge on any atom is 0.328 e. The molecule has 3 aromatic rings. The number of carbonyl (C=O) groups excluding carboxylic acids is 3. The molecule has 0 saturated carbocycles. The first-order valence-corrected chi connectivity index (χ1v) is 12.8. The lowest BCUT2D eigenvalue weighted by molar-refractivity contribution is -0.146. The lowest BCUT2D eigenvalue weighted by Gasteiger charge is -2.22. The first-order chi connectivity index (χ1) is 18.8. The number of nitrogens with one attached hydrogen (secondary N) is 3. The van der Waals surface area contributed by atoms with E-state index in [0.717, 1.165) is 22.5 Å². The van der Waals surface area contributed by atoms with E-state index in [4.69, 9.17) is 15.2 Å². The highest BCUT2D eigenvalue weighted by Crippen LogP contribution is 2.35. The minimum absolute atomic E-state index is 0.0261. The number of aromatic amines is 1.